The molecule has 1 N–H and O–H groups in total. The maximum atomic E-state index is 3.66. The molecular formula is C16H26N2. The Balaban J connectivity index is 1.63. The molecule has 2 rings (SSSR count). The van der Waals surface area contributed by atoms with Crippen LogP contribution < -0.4 is 5.32 Å². The van der Waals surface area contributed by atoms with Gasteiger partial charge >= 0.3 is 0 Å². The summed E-state index contributed by atoms with van der Waals surface area (Å²) in [5, 5.41) is 3.66. The summed E-state index contributed by atoms with van der Waals surface area (Å²) in [7, 11) is 4.27. The lowest BCUT2D eigenvalue weighted by molar-refractivity contribution is 0.284. The van der Waals surface area contributed by atoms with Gasteiger partial charge in [-0.25, -0.2) is 0 Å². The lowest BCUT2D eigenvalue weighted by Gasteiger charge is -2.36. The van der Waals surface area contributed by atoms with Crippen LogP contribution in [0.1, 0.15) is 36.3 Å². The van der Waals surface area contributed by atoms with Crippen LogP contribution in [-0.2, 0) is 0 Å². The molecule has 0 heterocycles. The van der Waals surface area contributed by atoms with Crippen LogP contribution in [0.15, 0.2) is 24.3 Å². The third-order valence-corrected chi connectivity index (χ3v) is 3.90. The Kier molecular flexibility index (Phi) is 4.79. The van der Waals surface area contributed by atoms with E-state index in [1.165, 1.54) is 36.9 Å². The molecule has 0 aliphatic heterocycles. The summed E-state index contributed by atoms with van der Waals surface area (Å²) >= 11 is 0. The maximum Gasteiger partial charge on any atom is 0.00787 e. The van der Waals surface area contributed by atoms with Gasteiger partial charge in [0.25, 0.3) is 0 Å². The zero-order valence-corrected chi connectivity index (χ0v) is 11.9. The fourth-order valence-electron chi connectivity index (χ4n) is 2.60. The summed E-state index contributed by atoms with van der Waals surface area (Å²) in [6.07, 6.45) is 3.87. The summed E-state index contributed by atoms with van der Waals surface area (Å²) < 4.78 is 0. The summed E-state index contributed by atoms with van der Waals surface area (Å²) in [6, 6.07) is 9.80. The largest absolute Gasteiger partial charge is 0.314 e. The molecule has 0 spiro atoms. The number of hydrogen-bond acceptors (Lipinski definition) is 2. The van der Waals surface area contributed by atoms with E-state index in [0.29, 0.717) is 0 Å². The minimum absolute atomic E-state index is 0.749. The van der Waals surface area contributed by atoms with Gasteiger partial charge in [-0.1, -0.05) is 29.8 Å². The van der Waals surface area contributed by atoms with E-state index < -0.39 is 0 Å². The molecule has 1 aliphatic carbocycles. The first kappa shape index (κ1) is 13.6. The molecule has 0 bridgehead atoms. The van der Waals surface area contributed by atoms with Crippen molar-refractivity contribution in [2.45, 2.75) is 38.1 Å². The molecular weight excluding hydrogens is 220 g/mol. The van der Waals surface area contributed by atoms with Gasteiger partial charge in [0, 0.05) is 6.04 Å². The van der Waals surface area contributed by atoms with Crippen molar-refractivity contribution in [1.82, 2.24) is 10.2 Å². The van der Waals surface area contributed by atoms with Crippen LogP contribution in [0, 0.1) is 6.92 Å². The Morgan fingerprint density at radius 2 is 1.83 bits per heavy atom. The highest BCUT2D eigenvalue weighted by atomic mass is 15.1. The standard InChI is InChI=1S/C16H26N2/c1-13-5-7-14(8-6-13)15-11-16(12-15)17-9-4-10-18(2)3/h5-8,15-17H,4,9-12H2,1-3H3. The number of hydrogen-bond donors (Lipinski definition) is 1. The summed E-state index contributed by atoms with van der Waals surface area (Å²) in [4.78, 5) is 2.25. The van der Waals surface area contributed by atoms with Crippen LogP contribution in [0.2, 0.25) is 0 Å². The van der Waals surface area contributed by atoms with Gasteiger partial charge in [-0.3, -0.25) is 0 Å². The lowest BCUT2D eigenvalue weighted by Crippen LogP contribution is -2.41. The second-order valence-corrected chi connectivity index (χ2v) is 5.89. The van der Waals surface area contributed by atoms with Gasteiger partial charge in [0.05, 0.1) is 0 Å². The van der Waals surface area contributed by atoms with E-state index in [0.717, 1.165) is 18.5 Å². The minimum atomic E-state index is 0.749. The molecule has 18 heavy (non-hydrogen) atoms. The van der Waals surface area contributed by atoms with Gasteiger partial charge in [-0.15, -0.1) is 0 Å². The first-order valence-corrected chi connectivity index (χ1v) is 7.10. The van der Waals surface area contributed by atoms with Crippen LogP contribution >= 0.6 is 0 Å². The molecule has 1 fully saturated rings. The van der Waals surface area contributed by atoms with E-state index in [1.54, 1.807) is 0 Å². The van der Waals surface area contributed by atoms with Gasteiger partial charge in [0.2, 0.25) is 0 Å². The molecule has 0 radical (unpaired) electrons. The van der Waals surface area contributed by atoms with E-state index in [-0.39, 0.29) is 0 Å². The number of nitrogens with one attached hydrogen (secondary N) is 1. The van der Waals surface area contributed by atoms with E-state index in [4.69, 9.17) is 0 Å². The van der Waals surface area contributed by atoms with Crippen molar-refractivity contribution in [2.75, 3.05) is 27.2 Å². The Hall–Kier alpha value is -0.860. The summed E-state index contributed by atoms with van der Waals surface area (Å²) in [5.74, 6) is 0.789. The van der Waals surface area contributed by atoms with Crippen molar-refractivity contribution in [1.29, 1.82) is 0 Å². The highest BCUT2D eigenvalue weighted by Crippen LogP contribution is 2.36. The Morgan fingerprint density at radius 1 is 1.17 bits per heavy atom. The average Bonchev–Trinajstić information content (AvgIpc) is 2.28. The maximum absolute atomic E-state index is 3.66. The molecule has 0 unspecified atom stereocenters. The molecule has 1 saturated carbocycles. The van der Waals surface area contributed by atoms with Crippen molar-refractivity contribution < 1.29 is 0 Å². The fourth-order valence-corrected chi connectivity index (χ4v) is 2.60. The third-order valence-electron chi connectivity index (χ3n) is 3.90. The topological polar surface area (TPSA) is 15.3 Å². The third kappa shape index (κ3) is 3.82. The van der Waals surface area contributed by atoms with Gasteiger partial charge in [-0.05, 0) is 64.9 Å². The molecule has 0 aromatic heterocycles. The van der Waals surface area contributed by atoms with Crippen LogP contribution in [0.3, 0.4) is 0 Å². The van der Waals surface area contributed by atoms with Gasteiger partial charge in [-0.2, -0.15) is 0 Å². The van der Waals surface area contributed by atoms with E-state index in [2.05, 4.69) is 55.5 Å². The van der Waals surface area contributed by atoms with E-state index in [9.17, 15) is 0 Å². The first-order chi connectivity index (χ1) is 8.65. The molecule has 1 aliphatic rings. The average molecular weight is 246 g/mol. The zero-order valence-electron chi connectivity index (χ0n) is 11.9. The van der Waals surface area contributed by atoms with Crippen molar-refractivity contribution >= 4 is 0 Å². The van der Waals surface area contributed by atoms with Crippen molar-refractivity contribution in [2.24, 2.45) is 0 Å². The molecule has 0 saturated heterocycles. The lowest BCUT2D eigenvalue weighted by atomic mass is 9.76. The Bertz CT molecular complexity index is 350. The summed E-state index contributed by atoms with van der Waals surface area (Å²) in [6.45, 7) is 4.49. The monoisotopic (exact) mass is 246 g/mol. The SMILES string of the molecule is Cc1ccc(C2CC(NCCCN(C)C)C2)cc1. The normalized spacial score (nSPS) is 23.1. The number of nitrogens with zero attached hydrogens (tertiary/aromatic N) is 1. The van der Waals surface area contributed by atoms with Crippen LogP contribution in [-0.4, -0.2) is 38.1 Å². The Labute approximate surface area is 111 Å². The predicted octanol–water partition coefficient (Wildman–Crippen LogP) is 2.78. The molecule has 1 aromatic carbocycles. The molecule has 0 amide bonds. The molecule has 1 aromatic rings. The van der Waals surface area contributed by atoms with Gasteiger partial charge in [0.1, 0.15) is 0 Å². The smallest absolute Gasteiger partial charge is 0.00787 e. The van der Waals surface area contributed by atoms with Crippen LogP contribution in [0.25, 0.3) is 0 Å². The number of rotatable bonds is 6. The summed E-state index contributed by atoms with van der Waals surface area (Å²) in [5.41, 5.74) is 2.88. The highest BCUT2D eigenvalue weighted by molar-refractivity contribution is 5.26. The fraction of sp³-hybridized carbons (Fsp3) is 0.625. The molecule has 2 heteroatoms. The molecule has 0 atom stereocenters. The molecule has 100 valence electrons. The second kappa shape index (κ2) is 6.35. The number of aryl methyl sites for hydroxylation is 1. The minimum Gasteiger partial charge on any atom is -0.314 e. The second-order valence-electron chi connectivity index (χ2n) is 5.89. The van der Waals surface area contributed by atoms with E-state index >= 15 is 0 Å². The van der Waals surface area contributed by atoms with Crippen molar-refractivity contribution in [3.63, 3.8) is 0 Å². The quantitative estimate of drug-likeness (QED) is 0.777. The predicted molar refractivity (Wildman–Crippen MR) is 78.1 cm³/mol. The van der Waals surface area contributed by atoms with E-state index in [1.807, 2.05) is 0 Å². The highest BCUT2D eigenvalue weighted by Gasteiger charge is 2.29. The van der Waals surface area contributed by atoms with Crippen molar-refractivity contribution in [3.8, 4) is 0 Å². The van der Waals surface area contributed by atoms with Crippen molar-refractivity contribution in [3.05, 3.63) is 35.4 Å². The van der Waals surface area contributed by atoms with Gasteiger partial charge < -0.3 is 10.2 Å². The van der Waals surface area contributed by atoms with Crippen LogP contribution in [0.5, 0.6) is 0 Å². The number of benzene rings is 1. The van der Waals surface area contributed by atoms with Crippen LogP contribution in [0.4, 0.5) is 0 Å². The Morgan fingerprint density at radius 3 is 2.44 bits per heavy atom. The first-order valence-electron chi connectivity index (χ1n) is 7.10. The van der Waals surface area contributed by atoms with Gasteiger partial charge in [0.15, 0.2) is 0 Å². The molecule has 2 nitrogen and oxygen atoms in total. The zero-order chi connectivity index (χ0) is 13.0.